The maximum atomic E-state index is 11.6. The van der Waals surface area contributed by atoms with E-state index in [4.69, 9.17) is 0 Å². The summed E-state index contributed by atoms with van der Waals surface area (Å²) in [5.74, 6) is 0.875. The van der Waals surface area contributed by atoms with Gasteiger partial charge in [0.2, 0.25) is 5.56 Å². The molecule has 0 aliphatic rings. The molecule has 6 heteroatoms. The van der Waals surface area contributed by atoms with Crippen molar-refractivity contribution in [2.75, 3.05) is 20.6 Å². The first kappa shape index (κ1) is 19.2. The van der Waals surface area contributed by atoms with E-state index in [-0.39, 0.29) is 5.56 Å². The van der Waals surface area contributed by atoms with Crippen molar-refractivity contribution in [2.24, 2.45) is 4.99 Å². The van der Waals surface area contributed by atoms with Crippen LogP contribution in [0.1, 0.15) is 18.4 Å². The maximum Gasteiger partial charge on any atom is 0.250 e. The smallest absolute Gasteiger partial charge is 0.250 e. The first-order valence-corrected chi connectivity index (χ1v) is 9.21. The summed E-state index contributed by atoms with van der Waals surface area (Å²) in [7, 11) is 3.82. The van der Waals surface area contributed by atoms with Gasteiger partial charge < -0.3 is 14.8 Å². The summed E-state index contributed by atoms with van der Waals surface area (Å²) in [4.78, 5) is 18.1. The van der Waals surface area contributed by atoms with Crippen LogP contribution in [0.4, 0.5) is 0 Å². The fourth-order valence-electron chi connectivity index (χ4n) is 2.58. The fraction of sp³-hybridized carbons (Fsp3) is 0.368. The summed E-state index contributed by atoms with van der Waals surface area (Å²) in [5, 5.41) is 3.38. The van der Waals surface area contributed by atoms with Gasteiger partial charge in [0.1, 0.15) is 0 Å². The van der Waals surface area contributed by atoms with Gasteiger partial charge in [0.15, 0.2) is 5.96 Å². The Balaban J connectivity index is 1.73. The summed E-state index contributed by atoms with van der Waals surface area (Å²) in [6.07, 6.45) is 3.76. The zero-order valence-electron chi connectivity index (χ0n) is 14.8. The third-order valence-corrected chi connectivity index (χ3v) is 4.44. The van der Waals surface area contributed by atoms with Gasteiger partial charge in [0.25, 0.3) is 0 Å². The molecule has 1 aromatic heterocycles. The number of rotatable bonds is 7. The number of aryl methyl sites for hydroxylation is 1. The highest BCUT2D eigenvalue weighted by Gasteiger charge is 2.06. The molecule has 1 aromatic carbocycles. The van der Waals surface area contributed by atoms with Gasteiger partial charge >= 0.3 is 0 Å². The molecule has 0 atom stereocenters. The number of halogens is 1. The summed E-state index contributed by atoms with van der Waals surface area (Å²) < 4.78 is 2.83. The van der Waals surface area contributed by atoms with Crippen LogP contribution in [-0.4, -0.2) is 36.1 Å². The second kappa shape index (κ2) is 10.0. The van der Waals surface area contributed by atoms with E-state index in [9.17, 15) is 4.79 Å². The highest BCUT2D eigenvalue weighted by molar-refractivity contribution is 9.10. The largest absolute Gasteiger partial charge is 0.356 e. The number of nitrogens with zero attached hydrogens (tertiary/aromatic N) is 3. The minimum atomic E-state index is 0.0560. The van der Waals surface area contributed by atoms with Gasteiger partial charge in [-0.3, -0.25) is 9.79 Å². The Morgan fingerprint density at radius 2 is 1.96 bits per heavy atom. The number of pyridine rings is 1. The third kappa shape index (κ3) is 6.38. The summed E-state index contributed by atoms with van der Waals surface area (Å²) in [6.45, 7) is 2.37. The molecule has 0 saturated heterocycles. The number of aliphatic imine (C=N–C) groups is 1. The van der Waals surface area contributed by atoms with E-state index in [1.807, 2.05) is 31.4 Å². The Morgan fingerprint density at radius 1 is 1.20 bits per heavy atom. The number of aromatic nitrogens is 1. The number of benzene rings is 1. The van der Waals surface area contributed by atoms with Crippen LogP contribution < -0.4 is 10.9 Å². The molecule has 134 valence electrons. The standard InChI is InChI=1S/C19H25BrN4O/c1-21-19(23(2)15-16-8-10-17(20)11-9-16)22-12-4-6-14-24-13-5-3-7-18(24)25/h3,5,7-11,13H,4,6,12,14-15H2,1-2H3,(H,21,22). The molecule has 0 aliphatic carbocycles. The van der Waals surface area contributed by atoms with Gasteiger partial charge in [0.05, 0.1) is 0 Å². The molecular weight excluding hydrogens is 380 g/mol. The molecule has 2 rings (SSSR count). The topological polar surface area (TPSA) is 49.6 Å². The van der Waals surface area contributed by atoms with Crippen molar-refractivity contribution < 1.29 is 0 Å². The van der Waals surface area contributed by atoms with Crippen LogP contribution in [0.25, 0.3) is 0 Å². The molecule has 0 radical (unpaired) electrons. The molecule has 1 heterocycles. The lowest BCUT2D eigenvalue weighted by Gasteiger charge is -2.22. The predicted molar refractivity (Wildman–Crippen MR) is 107 cm³/mol. The molecule has 0 aliphatic heterocycles. The molecule has 0 spiro atoms. The van der Waals surface area contributed by atoms with Crippen LogP contribution in [0.2, 0.25) is 0 Å². The molecule has 0 amide bonds. The zero-order valence-corrected chi connectivity index (χ0v) is 16.4. The van der Waals surface area contributed by atoms with Crippen molar-refractivity contribution in [1.29, 1.82) is 0 Å². The van der Waals surface area contributed by atoms with Crippen LogP contribution in [-0.2, 0) is 13.1 Å². The van der Waals surface area contributed by atoms with Gasteiger partial charge in [-0.25, -0.2) is 0 Å². The van der Waals surface area contributed by atoms with Gasteiger partial charge in [-0.1, -0.05) is 34.1 Å². The normalized spacial score (nSPS) is 11.4. The van der Waals surface area contributed by atoms with E-state index in [0.29, 0.717) is 0 Å². The first-order valence-electron chi connectivity index (χ1n) is 8.42. The minimum absolute atomic E-state index is 0.0560. The van der Waals surface area contributed by atoms with E-state index in [1.54, 1.807) is 23.7 Å². The van der Waals surface area contributed by atoms with Crippen LogP contribution in [0.5, 0.6) is 0 Å². The number of guanidine groups is 1. The van der Waals surface area contributed by atoms with Crippen LogP contribution in [0.3, 0.4) is 0 Å². The molecule has 0 bridgehead atoms. The Morgan fingerprint density at radius 3 is 2.64 bits per heavy atom. The van der Waals surface area contributed by atoms with Gasteiger partial charge in [-0.15, -0.1) is 0 Å². The number of unbranched alkanes of at least 4 members (excludes halogenated alkanes) is 1. The molecule has 25 heavy (non-hydrogen) atoms. The second-order valence-electron chi connectivity index (χ2n) is 5.90. The van der Waals surface area contributed by atoms with E-state index in [0.717, 1.165) is 42.9 Å². The lowest BCUT2D eigenvalue weighted by molar-refractivity contribution is 0.473. The quantitative estimate of drug-likeness (QED) is 0.438. The van der Waals surface area contributed by atoms with Crippen molar-refractivity contribution in [2.45, 2.75) is 25.9 Å². The Bertz CT molecular complexity index is 740. The summed E-state index contributed by atoms with van der Waals surface area (Å²) in [5.41, 5.74) is 1.29. The van der Waals surface area contributed by atoms with E-state index < -0.39 is 0 Å². The highest BCUT2D eigenvalue weighted by atomic mass is 79.9. The fourth-order valence-corrected chi connectivity index (χ4v) is 2.84. The summed E-state index contributed by atoms with van der Waals surface area (Å²) in [6, 6.07) is 13.5. The Labute approximate surface area is 157 Å². The van der Waals surface area contributed by atoms with Crippen molar-refractivity contribution in [1.82, 2.24) is 14.8 Å². The third-order valence-electron chi connectivity index (χ3n) is 3.91. The van der Waals surface area contributed by atoms with E-state index in [1.165, 1.54) is 5.56 Å². The molecule has 0 unspecified atom stereocenters. The molecule has 0 fully saturated rings. The molecule has 5 nitrogen and oxygen atoms in total. The monoisotopic (exact) mass is 404 g/mol. The SMILES string of the molecule is CN=C(NCCCCn1ccccc1=O)N(C)Cc1ccc(Br)cc1. The second-order valence-corrected chi connectivity index (χ2v) is 6.81. The maximum absolute atomic E-state index is 11.6. The Hall–Kier alpha value is -2.08. The van der Waals surface area contributed by atoms with Gasteiger partial charge in [0, 0.05) is 50.5 Å². The molecule has 2 aromatic rings. The molecular formula is C19H25BrN4O. The van der Waals surface area contributed by atoms with Crippen molar-refractivity contribution in [3.8, 4) is 0 Å². The van der Waals surface area contributed by atoms with Gasteiger partial charge in [-0.2, -0.15) is 0 Å². The number of hydrogen-bond acceptors (Lipinski definition) is 2. The van der Waals surface area contributed by atoms with Crippen LogP contribution in [0.15, 0.2) is 62.9 Å². The van der Waals surface area contributed by atoms with Crippen LogP contribution >= 0.6 is 15.9 Å². The van der Waals surface area contributed by atoms with Gasteiger partial charge in [-0.05, 0) is 36.6 Å². The highest BCUT2D eigenvalue weighted by Crippen LogP contribution is 2.11. The lowest BCUT2D eigenvalue weighted by Crippen LogP contribution is -2.38. The molecule has 0 saturated carbocycles. The number of hydrogen-bond donors (Lipinski definition) is 1. The van der Waals surface area contributed by atoms with E-state index in [2.05, 4.69) is 43.3 Å². The average Bonchev–Trinajstić information content (AvgIpc) is 2.61. The van der Waals surface area contributed by atoms with E-state index >= 15 is 0 Å². The van der Waals surface area contributed by atoms with Crippen molar-refractivity contribution >= 4 is 21.9 Å². The first-order chi connectivity index (χ1) is 12.1. The molecule has 1 N–H and O–H groups in total. The van der Waals surface area contributed by atoms with Crippen molar-refractivity contribution in [3.05, 3.63) is 69.1 Å². The lowest BCUT2D eigenvalue weighted by atomic mass is 10.2. The van der Waals surface area contributed by atoms with Crippen LogP contribution in [0, 0.1) is 0 Å². The summed E-state index contributed by atoms with van der Waals surface area (Å²) >= 11 is 3.45. The van der Waals surface area contributed by atoms with Crippen molar-refractivity contribution in [3.63, 3.8) is 0 Å². The average molecular weight is 405 g/mol. The Kier molecular flexibility index (Phi) is 7.73. The minimum Gasteiger partial charge on any atom is -0.356 e. The zero-order chi connectivity index (χ0) is 18.1. The number of nitrogens with one attached hydrogen (secondary N) is 1. The predicted octanol–water partition coefficient (Wildman–Crippen LogP) is 3.10.